The molecule has 2 aromatic carbocycles. The first-order chi connectivity index (χ1) is 19.2. The topological polar surface area (TPSA) is 111 Å². The number of likely N-dealkylation sites (N-methyl/N-ethyl adjacent to an activating group) is 1. The SMILES string of the molecule is C[C@@H]1CN([C@@H](C)CO)C(=O)Cc2cc(NC(=O)C3CCCCC3)ccc2O[C@H]1CN(C)C(=O)Nc1ccccc1. The predicted octanol–water partition coefficient (Wildman–Crippen LogP) is 4.52. The van der Waals surface area contributed by atoms with Gasteiger partial charge in [-0.3, -0.25) is 9.59 Å². The Morgan fingerprint density at radius 1 is 1.07 bits per heavy atom. The van der Waals surface area contributed by atoms with Crippen LogP contribution in [0.4, 0.5) is 16.2 Å². The molecule has 0 saturated heterocycles. The number of para-hydroxylation sites is 1. The van der Waals surface area contributed by atoms with Crippen molar-refractivity contribution in [2.24, 2.45) is 11.8 Å². The predicted molar refractivity (Wildman–Crippen MR) is 155 cm³/mol. The van der Waals surface area contributed by atoms with E-state index >= 15 is 0 Å². The second kappa shape index (κ2) is 13.7. The maximum absolute atomic E-state index is 13.4. The first-order valence-electron chi connectivity index (χ1n) is 14.3. The van der Waals surface area contributed by atoms with Gasteiger partial charge >= 0.3 is 6.03 Å². The molecule has 3 N–H and O–H groups in total. The van der Waals surface area contributed by atoms with Crippen molar-refractivity contribution in [1.29, 1.82) is 0 Å². The lowest BCUT2D eigenvalue weighted by Crippen LogP contribution is -2.48. The Morgan fingerprint density at radius 3 is 2.50 bits per heavy atom. The molecule has 40 heavy (non-hydrogen) atoms. The van der Waals surface area contributed by atoms with Crippen LogP contribution < -0.4 is 15.4 Å². The van der Waals surface area contributed by atoms with Crippen molar-refractivity contribution >= 4 is 29.2 Å². The highest BCUT2D eigenvalue weighted by Crippen LogP contribution is 2.30. The normalized spacial score (nSPS) is 20.7. The van der Waals surface area contributed by atoms with Gasteiger partial charge in [0.15, 0.2) is 0 Å². The van der Waals surface area contributed by atoms with Gasteiger partial charge in [0.2, 0.25) is 11.8 Å². The summed E-state index contributed by atoms with van der Waals surface area (Å²) in [7, 11) is 1.71. The number of carbonyl (C=O) groups is 3. The Hall–Kier alpha value is -3.59. The molecule has 1 aliphatic carbocycles. The molecule has 1 saturated carbocycles. The van der Waals surface area contributed by atoms with Crippen LogP contribution in [0.2, 0.25) is 0 Å². The molecule has 1 heterocycles. The van der Waals surface area contributed by atoms with Gasteiger partial charge < -0.3 is 30.3 Å². The lowest BCUT2D eigenvalue weighted by atomic mass is 9.88. The van der Waals surface area contributed by atoms with Crippen LogP contribution in [0, 0.1) is 11.8 Å². The Bertz CT molecular complexity index is 1170. The van der Waals surface area contributed by atoms with E-state index in [0.29, 0.717) is 29.2 Å². The molecule has 0 radical (unpaired) electrons. The van der Waals surface area contributed by atoms with Crippen LogP contribution in [-0.2, 0) is 16.0 Å². The van der Waals surface area contributed by atoms with E-state index in [-0.39, 0.29) is 55.3 Å². The third-order valence-corrected chi connectivity index (χ3v) is 7.99. The first-order valence-corrected chi connectivity index (χ1v) is 14.3. The van der Waals surface area contributed by atoms with Crippen LogP contribution in [0.3, 0.4) is 0 Å². The summed E-state index contributed by atoms with van der Waals surface area (Å²) >= 11 is 0. The number of nitrogens with zero attached hydrogens (tertiary/aromatic N) is 2. The van der Waals surface area contributed by atoms with Crippen LogP contribution in [0.25, 0.3) is 0 Å². The summed E-state index contributed by atoms with van der Waals surface area (Å²) in [4.78, 5) is 42.5. The van der Waals surface area contributed by atoms with Crippen molar-refractivity contribution in [2.45, 2.75) is 64.5 Å². The van der Waals surface area contributed by atoms with E-state index in [0.717, 1.165) is 25.7 Å². The number of rotatable bonds is 7. The summed E-state index contributed by atoms with van der Waals surface area (Å²) in [6, 6.07) is 14.0. The van der Waals surface area contributed by atoms with E-state index in [9.17, 15) is 19.5 Å². The molecular formula is C31H42N4O5. The number of urea groups is 1. The van der Waals surface area contributed by atoms with Gasteiger partial charge in [-0.2, -0.15) is 0 Å². The van der Waals surface area contributed by atoms with Gasteiger partial charge in [0.25, 0.3) is 0 Å². The monoisotopic (exact) mass is 550 g/mol. The van der Waals surface area contributed by atoms with E-state index in [1.54, 1.807) is 22.9 Å². The fourth-order valence-electron chi connectivity index (χ4n) is 5.43. The van der Waals surface area contributed by atoms with Crippen molar-refractivity contribution in [3.05, 3.63) is 54.1 Å². The molecule has 4 rings (SSSR count). The second-order valence-electron chi connectivity index (χ2n) is 11.2. The fourth-order valence-corrected chi connectivity index (χ4v) is 5.43. The van der Waals surface area contributed by atoms with Crippen molar-refractivity contribution in [3.63, 3.8) is 0 Å². The van der Waals surface area contributed by atoms with E-state index in [1.807, 2.05) is 56.3 Å². The van der Waals surface area contributed by atoms with Crippen LogP contribution in [0.5, 0.6) is 5.75 Å². The molecule has 0 unspecified atom stereocenters. The number of fused-ring (bicyclic) bond motifs is 1. The van der Waals surface area contributed by atoms with Crippen molar-refractivity contribution in [3.8, 4) is 5.75 Å². The average molecular weight is 551 g/mol. The number of benzene rings is 2. The molecule has 3 atom stereocenters. The van der Waals surface area contributed by atoms with E-state index in [2.05, 4.69) is 10.6 Å². The number of ether oxygens (including phenoxy) is 1. The Balaban J connectivity index is 1.56. The molecule has 9 nitrogen and oxygen atoms in total. The van der Waals surface area contributed by atoms with Crippen LogP contribution in [-0.4, -0.2) is 71.6 Å². The van der Waals surface area contributed by atoms with Crippen LogP contribution in [0.15, 0.2) is 48.5 Å². The number of hydrogen-bond donors (Lipinski definition) is 3. The van der Waals surface area contributed by atoms with Crippen LogP contribution in [0.1, 0.15) is 51.5 Å². The summed E-state index contributed by atoms with van der Waals surface area (Å²) in [6.45, 7) is 4.31. The molecule has 0 bridgehead atoms. The summed E-state index contributed by atoms with van der Waals surface area (Å²) in [5.41, 5.74) is 2.00. The second-order valence-corrected chi connectivity index (χ2v) is 11.2. The highest BCUT2D eigenvalue weighted by molar-refractivity contribution is 5.93. The maximum Gasteiger partial charge on any atom is 0.321 e. The number of aliphatic hydroxyl groups is 1. The van der Waals surface area contributed by atoms with Gasteiger partial charge in [-0.05, 0) is 50.1 Å². The zero-order valence-electron chi connectivity index (χ0n) is 23.8. The summed E-state index contributed by atoms with van der Waals surface area (Å²) < 4.78 is 6.51. The lowest BCUT2D eigenvalue weighted by molar-refractivity contribution is -0.134. The quantitative estimate of drug-likeness (QED) is 0.470. The largest absolute Gasteiger partial charge is 0.488 e. The average Bonchev–Trinajstić information content (AvgIpc) is 3.01. The Kier molecular flexibility index (Phi) is 10.0. The smallest absolute Gasteiger partial charge is 0.321 e. The Morgan fingerprint density at radius 2 is 1.80 bits per heavy atom. The lowest BCUT2D eigenvalue weighted by Gasteiger charge is -2.34. The summed E-state index contributed by atoms with van der Waals surface area (Å²) in [5.74, 6) is 0.325. The number of anilines is 2. The Labute approximate surface area is 236 Å². The van der Waals surface area contributed by atoms with Gasteiger partial charge in [-0.15, -0.1) is 0 Å². The molecule has 0 spiro atoms. The fraction of sp³-hybridized carbons (Fsp3) is 0.516. The molecule has 1 fully saturated rings. The van der Waals surface area contributed by atoms with E-state index in [4.69, 9.17) is 4.74 Å². The van der Waals surface area contributed by atoms with Gasteiger partial charge in [-0.25, -0.2) is 4.79 Å². The third kappa shape index (κ3) is 7.53. The molecule has 4 amide bonds. The summed E-state index contributed by atoms with van der Waals surface area (Å²) in [5, 5.41) is 15.8. The van der Waals surface area contributed by atoms with Gasteiger partial charge in [-0.1, -0.05) is 44.4 Å². The highest BCUT2D eigenvalue weighted by atomic mass is 16.5. The minimum atomic E-state index is -0.424. The zero-order chi connectivity index (χ0) is 28.6. The maximum atomic E-state index is 13.4. The molecule has 0 aromatic heterocycles. The standard InChI is InChI=1S/C31H42N4O5/c1-21-18-35(22(2)20-36)29(37)17-24-16-26(32-30(38)23-10-6-4-7-11-23)14-15-27(24)40-28(21)19-34(3)31(39)33-25-12-8-5-9-13-25/h5,8-9,12-16,21-23,28,36H,4,6-7,10-11,17-20H2,1-3H3,(H,32,38)(H,33,39)/t21-,22+,28+/m1/s1. The first kappa shape index (κ1) is 29.4. The number of hydrogen-bond acceptors (Lipinski definition) is 5. The minimum Gasteiger partial charge on any atom is -0.488 e. The zero-order valence-corrected chi connectivity index (χ0v) is 23.8. The number of carbonyl (C=O) groups excluding carboxylic acids is 3. The number of amides is 4. The van der Waals surface area contributed by atoms with Crippen molar-refractivity contribution < 1.29 is 24.2 Å². The van der Waals surface area contributed by atoms with Gasteiger partial charge in [0.05, 0.1) is 25.6 Å². The van der Waals surface area contributed by atoms with E-state index in [1.165, 1.54) is 6.42 Å². The molecule has 216 valence electrons. The number of aliphatic hydroxyl groups excluding tert-OH is 1. The minimum absolute atomic E-state index is 0.0144. The molecule has 9 heteroatoms. The third-order valence-electron chi connectivity index (χ3n) is 7.99. The molecule has 2 aromatic rings. The van der Waals surface area contributed by atoms with Crippen molar-refractivity contribution in [1.82, 2.24) is 9.80 Å². The molecule has 2 aliphatic rings. The van der Waals surface area contributed by atoms with E-state index < -0.39 is 6.10 Å². The molecular weight excluding hydrogens is 508 g/mol. The molecule has 1 aliphatic heterocycles. The van der Waals surface area contributed by atoms with Crippen LogP contribution >= 0.6 is 0 Å². The number of nitrogens with one attached hydrogen (secondary N) is 2. The van der Waals surface area contributed by atoms with Crippen molar-refractivity contribution in [2.75, 3.05) is 37.4 Å². The summed E-state index contributed by atoms with van der Waals surface area (Å²) in [6.07, 6.45) is 4.77. The van der Waals surface area contributed by atoms with Gasteiger partial charge in [0, 0.05) is 42.4 Å². The highest BCUT2D eigenvalue weighted by Gasteiger charge is 2.32. The van der Waals surface area contributed by atoms with Gasteiger partial charge in [0.1, 0.15) is 11.9 Å².